The molecule has 0 aliphatic heterocycles. The van der Waals surface area contributed by atoms with Crippen molar-refractivity contribution in [3.05, 3.63) is 29.6 Å². The van der Waals surface area contributed by atoms with E-state index in [1.807, 2.05) is 0 Å². The highest BCUT2D eigenvalue weighted by Crippen LogP contribution is 2.27. The van der Waals surface area contributed by atoms with Crippen LogP contribution in [-0.2, 0) is 11.2 Å². The molecule has 0 fully saturated rings. The normalized spacial score (nSPS) is 10.9. The second-order valence-electron chi connectivity index (χ2n) is 4.24. The monoisotopic (exact) mass is 315 g/mol. The minimum Gasteiger partial charge on any atom is -0.434 e. The third-order valence-electron chi connectivity index (χ3n) is 2.65. The molecule has 1 heterocycles. The molecule has 0 bridgehead atoms. The zero-order valence-electron chi connectivity index (χ0n) is 11.6. The molecule has 0 unspecified atom stereocenters. The van der Waals surface area contributed by atoms with Gasteiger partial charge in [-0.15, -0.1) is 0 Å². The third kappa shape index (κ3) is 4.61. The Kier molecular flexibility index (Phi) is 5.40. The van der Waals surface area contributed by atoms with E-state index in [-0.39, 0.29) is 5.75 Å². The van der Waals surface area contributed by atoms with Crippen LogP contribution in [0.15, 0.2) is 18.2 Å². The number of benzene rings is 1. The SMILES string of the molecule is COCCc1nsc(Nc2ccc(C)c(OC(F)F)c2)n1. The molecule has 0 saturated heterocycles. The van der Waals surface area contributed by atoms with Crippen LogP contribution in [0.4, 0.5) is 19.6 Å². The molecule has 0 atom stereocenters. The highest BCUT2D eigenvalue weighted by atomic mass is 32.1. The first kappa shape index (κ1) is 15.6. The van der Waals surface area contributed by atoms with Crippen molar-refractivity contribution >= 4 is 22.4 Å². The Morgan fingerprint density at radius 3 is 2.90 bits per heavy atom. The molecule has 0 aliphatic carbocycles. The number of aryl methyl sites for hydroxylation is 1. The number of ether oxygens (including phenoxy) is 2. The van der Waals surface area contributed by atoms with E-state index < -0.39 is 6.61 Å². The summed E-state index contributed by atoms with van der Waals surface area (Å²) in [7, 11) is 1.61. The largest absolute Gasteiger partial charge is 0.434 e. The summed E-state index contributed by atoms with van der Waals surface area (Å²) in [4.78, 5) is 4.28. The molecule has 2 aromatic rings. The molecule has 1 aromatic heterocycles. The second-order valence-corrected chi connectivity index (χ2v) is 4.99. The third-order valence-corrected chi connectivity index (χ3v) is 3.32. The molecule has 0 spiro atoms. The van der Waals surface area contributed by atoms with Crippen molar-refractivity contribution in [3.8, 4) is 5.75 Å². The fourth-order valence-corrected chi connectivity index (χ4v) is 2.26. The van der Waals surface area contributed by atoms with E-state index in [0.29, 0.717) is 35.2 Å². The average molecular weight is 315 g/mol. The standard InChI is InChI=1S/C13H15F2N3O2S/c1-8-3-4-9(7-10(8)20-12(14)15)16-13-17-11(18-21-13)5-6-19-2/h3-4,7,12H,5-6H2,1-2H3,(H,16,17,18). The lowest BCUT2D eigenvalue weighted by Crippen LogP contribution is -2.03. The minimum atomic E-state index is -2.85. The van der Waals surface area contributed by atoms with Crippen LogP contribution in [0.2, 0.25) is 0 Å². The summed E-state index contributed by atoms with van der Waals surface area (Å²) in [5.41, 5.74) is 1.25. The van der Waals surface area contributed by atoms with E-state index in [4.69, 9.17) is 4.74 Å². The minimum absolute atomic E-state index is 0.138. The van der Waals surface area contributed by atoms with Gasteiger partial charge in [0.15, 0.2) is 0 Å². The molecule has 0 amide bonds. The molecular weight excluding hydrogens is 300 g/mol. The molecule has 0 aliphatic rings. The topological polar surface area (TPSA) is 56.3 Å². The van der Waals surface area contributed by atoms with Gasteiger partial charge in [0, 0.05) is 36.8 Å². The number of nitrogens with zero attached hydrogens (tertiary/aromatic N) is 2. The smallest absolute Gasteiger partial charge is 0.387 e. The number of nitrogens with one attached hydrogen (secondary N) is 1. The number of halogens is 2. The van der Waals surface area contributed by atoms with Crippen molar-refractivity contribution in [2.75, 3.05) is 19.0 Å². The number of rotatable bonds is 7. The van der Waals surface area contributed by atoms with Gasteiger partial charge in [-0.3, -0.25) is 0 Å². The van der Waals surface area contributed by atoms with Gasteiger partial charge in [0.05, 0.1) is 6.61 Å². The van der Waals surface area contributed by atoms with Crippen LogP contribution in [0.1, 0.15) is 11.4 Å². The number of anilines is 2. The van der Waals surface area contributed by atoms with Crippen LogP contribution in [0.25, 0.3) is 0 Å². The summed E-state index contributed by atoms with van der Waals surface area (Å²) >= 11 is 1.20. The summed E-state index contributed by atoms with van der Waals surface area (Å²) in [6, 6.07) is 4.98. The van der Waals surface area contributed by atoms with Crippen molar-refractivity contribution in [1.29, 1.82) is 0 Å². The molecule has 0 radical (unpaired) electrons. The average Bonchev–Trinajstić information content (AvgIpc) is 2.87. The highest BCUT2D eigenvalue weighted by molar-refractivity contribution is 7.09. The van der Waals surface area contributed by atoms with Crippen molar-refractivity contribution in [2.24, 2.45) is 0 Å². The van der Waals surface area contributed by atoms with Gasteiger partial charge in [-0.25, -0.2) is 4.98 Å². The van der Waals surface area contributed by atoms with E-state index in [9.17, 15) is 8.78 Å². The van der Waals surface area contributed by atoms with Gasteiger partial charge in [0.2, 0.25) is 5.13 Å². The number of alkyl halides is 2. The van der Waals surface area contributed by atoms with E-state index in [2.05, 4.69) is 19.4 Å². The number of aromatic nitrogens is 2. The Morgan fingerprint density at radius 2 is 2.19 bits per heavy atom. The van der Waals surface area contributed by atoms with Crippen molar-refractivity contribution in [3.63, 3.8) is 0 Å². The predicted molar refractivity (Wildman–Crippen MR) is 76.6 cm³/mol. The maximum Gasteiger partial charge on any atom is 0.387 e. The summed E-state index contributed by atoms with van der Waals surface area (Å²) < 4.78 is 38.2. The molecule has 5 nitrogen and oxygen atoms in total. The van der Waals surface area contributed by atoms with Crippen LogP contribution < -0.4 is 10.1 Å². The zero-order chi connectivity index (χ0) is 15.2. The first-order chi connectivity index (χ1) is 10.1. The Morgan fingerprint density at radius 1 is 1.38 bits per heavy atom. The maximum atomic E-state index is 12.3. The first-order valence-electron chi connectivity index (χ1n) is 6.22. The van der Waals surface area contributed by atoms with Crippen LogP contribution in [-0.4, -0.2) is 29.7 Å². The van der Waals surface area contributed by atoms with Gasteiger partial charge in [-0.1, -0.05) is 6.07 Å². The summed E-state index contributed by atoms with van der Waals surface area (Å²) in [6.45, 7) is -0.594. The molecule has 2 rings (SSSR count). The Hall–Kier alpha value is -1.80. The van der Waals surface area contributed by atoms with Gasteiger partial charge < -0.3 is 14.8 Å². The first-order valence-corrected chi connectivity index (χ1v) is 7.00. The molecule has 21 heavy (non-hydrogen) atoms. The van der Waals surface area contributed by atoms with Gasteiger partial charge >= 0.3 is 6.61 Å². The lowest BCUT2D eigenvalue weighted by atomic mass is 10.2. The Bertz CT molecular complexity index is 593. The van der Waals surface area contributed by atoms with Crippen molar-refractivity contribution in [2.45, 2.75) is 20.0 Å². The van der Waals surface area contributed by atoms with Crippen LogP contribution in [0.3, 0.4) is 0 Å². The van der Waals surface area contributed by atoms with Gasteiger partial charge in [0.25, 0.3) is 0 Å². The van der Waals surface area contributed by atoms with Gasteiger partial charge in [-0.05, 0) is 18.6 Å². The summed E-state index contributed by atoms with van der Waals surface area (Å²) in [5, 5.41) is 3.61. The quantitative estimate of drug-likeness (QED) is 0.849. The molecule has 8 heteroatoms. The lowest BCUT2D eigenvalue weighted by Gasteiger charge is -2.10. The second kappa shape index (κ2) is 7.28. The zero-order valence-corrected chi connectivity index (χ0v) is 12.4. The number of hydrogen-bond donors (Lipinski definition) is 1. The Labute approximate surface area is 125 Å². The summed E-state index contributed by atoms with van der Waals surface area (Å²) in [6.07, 6.45) is 0.627. The van der Waals surface area contributed by atoms with Crippen LogP contribution >= 0.6 is 11.5 Å². The van der Waals surface area contributed by atoms with E-state index >= 15 is 0 Å². The van der Waals surface area contributed by atoms with Gasteiger partial charge in [-0.2, -0.15) is 13.2 Å². The van der Waals surface area contributed by atoms with E-state index in [0.717, 1.165) is 0 Å². The van der Waals surface area contributed by atoms with E-state index in [1.165, 1.54) is 17.6 Å². The molecule has 1 N–H and O–H groups in total. The number of hydrogen-bond acceptors (Lipinski definition) is 6. The number of methoxy groups -OCH3 is 1. The molecule has 0 saturated carbocycles. The highest BCUT2D eigenvalue weighted by Gasteiger charge is 2.09. The molecular formula is C13H15F2N3O2S. The molecule has 1 aromatic carbocycles. The maximum absolute atomic E-state index is 12.3. The Balaban J connectivity index is 2.06. The molecule has 114 valence electrons. The predicted octanol–water partition coefficient (Wildman–Crippen LogP) is 3.38. The van der Waals surface area contributed by atoms with Crippen molar-refractivity contribution in [1.82, 2.24) is 9.36 Å². The van der Waals surface area contributed by atoms with Crippen molar-refractivity contribution < 1.29 is 18.3 Å². The van der Waals surface area contributed by atoms with Gasteiger partial charge in [0.1, 0.15) is 11.6 Å². The lowest BCUT2D eigenvalue weighted by molar-refractivity contribution is -0.0502. The summed E-state index contributed by atoms with van der Waals surface area (Å²) in [5.74, 6) is 0.819. The van der Waals surface area contributed by atoms with Crippen LogP contribution in [0.5, 0.6) is 5.75 Å². The fourth-order valence-electron chi connectivity index (χ4n) is 1.62. The van der Waals surface area contributed by atoms with Crippen LogP contribution in [0, 0.1) is 6.92 Å². The van der Waals surface area contributed by atoms with E-state index in [1.54, 1.807) is 26.2 Å². The fraction of sp³-hybridized carbons (Fsp3) is 0.385.